The van der Waals surface area contributed by atoms with Crippen LogP contribution >= 0.6 is 0 Å². The van der Waals surface area contributed by atoms with E-state index in [1.165, 1.54) is 5.56 Å². The standard InChI is InChI=1S/C20H22N2O4/c1-24-18-10-9-15(12-19(18)25-2)13-21-26-14-20(23)22-11-5-7-16-6-3-4-8-17(16)22/h3-4,6,8-10,12-13H,5,7,11,14H2,1-2H3/b21-13-. The minimum Gasteiger partial charge on any atom is -0.493 e. The number of aryl methyl sites for hydroxylation is 1. The maximum atomic E-state index is 12.4. The Kier molecular flexibility index (Phi) is 5.73. The van der Waals surface area contributed by atoms with Crippen molar-refractivity contribution >= 4 is 17.8 Å². The van der Waals surface area contributed by atoms with Gasteiger partial charge in [0.15, 0.2) is 18.1 Å². The maximum absolute atomic E-state index is 12.4. The second kappa shape index (κ2) is 8.38. The summed E-state index contributed by atoms with van der Waals surface area (Å²) in [4.78, 5) is 19.4. The summed E-state index contributed by atoms with van der Waals surface area (Å²) in [5.74, 6) is 1.16. The van der Waals surface area contributed by atoms with Crippen molar-refractivity contribution in [3.8, 4) is 11.5 Å². The van der Waals surface area contributed by atoms with Crippen LogP contribution < -0.4 is 14.4 Å². The van der Waals surface area contributed by atoms with Gasteiger partial charge in [-0.2, -0.15) is 0 Å². The van der Waals surface area contributed by atoms with Crippen molar-refractivity contribution in [2.75, 3.05) is 32.3 Å². The zero-order chi connectivity index (χ0) is 18.4. The molecule has 1 heterocycles. The molecule has 6 heteroatoms. The van der Waals surface area contributed by atoms with E-state index in [4.69, 9.17) is 14.3 Å². The Bertz CT molecular complexity index is 804. The lowest BCUT2D eigenvalue weighted by molar-refractivity contribution is -0.123. The van der Waals surface area contributed by atoms with Crippen molar-refractivity contribution < 1.29 is 19.1 Å². The first-order chi connectivity index (χ1) is 12.7. The molecule has 6 nitrogen and oxygen atoms in total. The van der Waals surface area contributed by atoms with Gasteiger partial charge in [-0.25, -0.2) is 0 Å². The van der Waals surface area contributed by atoms with Crippen LogP contribution in [0.5, 0.6) is 11.5 Å². The molecule has 0 radical (unpaired) electrons. The van der Waals surface area contributed by atoms with Gasteiger partial charge in [0.2, 0.25) is 0 Å². The number of ether oxygens (including phenoxy) is 2. The first kappa shape index (κ1) is 17.8. The number of benzene rings is 2. The molecule has 3 rings (SSSR count). The molecule has 0 atom stereocenters. The highest BCUT2D eigenvalue weighted by Gasteiger charge is 2.22. The number of methoxy groups -OCH3 is 2. The van der Waals surface area contributed by atoms with Crippen LogP contribution in [0.4, 0.5) is 5.69 Å². The Hall–Kier alpha value is -3.02. The number of para-hydroxylation sites is 1. The van der Waals surface area contributed by atoms with Crippen molar-refractivity contribution in [1.82, 2.24) is 0 Å². The average molecular weight is 354 g/mol. The van der Waals surface area contributed by atoms with Crippen LogP contribution in [-0.2, 0) is 16.1 Å². The molecule has 1 aliphatic rings. The van der Waals surface area contributed by atoms with Crippen LogP contribution in [0.3, 0.4) is 0 Å². The summed E-state index contributed by atoms with van der Waals surface area (Å²) in [7, 11) is 3.16. The zero-order valence-corrected chi connectivity index (χ0v) is 15.0. The number of fused-ring (bicyclic) bond motifs is 1. The van der Waals surface area contributed by atoms with Gasteiger partial charge in [-0.05, 0) is 42.7 Å². The fourth-order valence-corrected chi connectivity index (χ4v) is 2.99. The monoisotopic (exact) mass is 354 g/mol. The summed E-state index contributed by atoms with van der Waals surface area (Å²) in [5.41, 5.74) is 2.95. The van der Waals surface area contributed by atoms with Crippen LogP contribution in [-0.4, -0.2) is 39.5 Å². The second-order valence-corrected chi connectivity index (χ2v) is 5.90. The lowest BCUT2D eigenvalue weighted by atomic mass is 10.0. The summed E-state index contributed by atoms with van der Waals surface area (Å²) in [6.07, 6.45) is 3.50. The van der Waals surface area contributed by atoms with Gasteiger partial charge < -0.3 is 19.2 Å². The Balaban J connectivity index is 1.58. The van der Waals surface area contributed by atoms with Crippen LogP contribution in [0.25, 0.3) is 0 Å². The van der Waals surface area contributed by atoms with Gasteiger partial charge >= 0.3 is 0 Å². The van der Waals surface area contributed by atoms with Crippen molar-refractivity contribution in [3.05, 3.63) is 53.6 Å². The molecule has 2 aromatic carbocycles. The number of anilines is 1. The molecule has 0 saturated carbocycles. The van der Waals surface area contributed by atoms with Crippen molar-refractivity contribution in [3.63, 3.8) is 0 Å². The molecule has 1 aliphatic heterocycles. The first-order valence-electron chi connectivity index (χ1n) is 8.48. The van der Waals surface area contributed by atoms with E-state index in [2.05, 4.69) is 11.2 Å². The van der Waals surface area contributed by atoms with Crippen LogP contribution in [0, 0.1) is 0 Å². The molecule has 1 amide bonds. The van der Waals surface area contributed by atoms with Crippen LogP contribution in [0.2, 0.25) is 0 Å². The van der Waals surface area contributed by atoms with Crippen LogP contribution in [0.1, 0.15) is 17.5 Å². The Morgan fingerprint density at radius 2 is 1.96 bits per heavy atom. The van der Waals surface area contributed by atoms with Crippen LogP contribution in [0.15, 0.2) is 47.6 Å². The number of carbonyl (C=O) groups excluding carboxylic acids is 1. The normalized spacial score (nSPS) is 13.4. The SMILES string of the molecule is COc1ccc(/C=N\OCC(=O)N2CCCc3ccccc32)cc1OC. The lowest BCUT2D eigenvalue weighted by Gasteiger charge is -2.28. The van der Waals surface area contributed by atoms with Gasteiger partial charge in [0.05, 0.1) is 20.4 Å². The van der Waals surface area contributed by atoms with E-state index in [9.17, 15) is 4.79 Å². The zero-order valence-electron chi connectivity index (χ0n) is 15.0. The molecule has 2 aromatic rings. The molecule has 0 unspecified atom stereocenters. The Morgan fingerprint density at radius 1 is 1.15 bits per heavy atom. The number of carbonyl (C=O) groups is 1. The molecule has 0 N–H and O–H groups in total. The fourth-order valence-electron chi connectivity index (χ4n) is 2.99. The predicted molar refractivity (Wildman–Crippen MR) is 100 cm³/mol. The summed E-state index contributed by atoms with van der Waals surface area (Å²) in [6, 6.07) is 13.4. The van der Waals surface area contributed by atoms with Gasteiger partial charge in [0, 0.05) is 17.8 Å². The maximum Gasteiger partial charge on any atom is 0.267 e. The third-order valence-electron chi connectivity index (χ3n) is 4.28. The van der Waals surface area contributed by atoms with Crippen molar-refractivity contribution in [2.45, 2.75) is 12.8 Å². The third-order valence-corrected chi connectivity index (χ3v) is 4.28. The van der Waals surface area contributed by atoms with Gasteiger partial charge in [0.25, 0.3) is 5.91 Å². The minimum absolute atomic E-state index is 0.0957. The summed E-state index contributed by atoms with van der Waals surface area (Å²) in [5, 5.41) is 3.89. The first-order valence-corrected chi connectivity index (χ1v) is 8.48. The van der Waals surface area contributed by atoms with Crippen molar-refractivity contribution in [2.24, 2.45) is 5.16 Å². The molecule has 26 heavy (non-hydrogen) atoms. The van der Waals surface area contributed by atoms with E-state index in [1.54, 1.807) is 37.5 Å². The highest BCUT2D eigenvalue weighted by atomic mass is 16.6. The number of oxime groups is 1. The lowest BCUT2D eigenvalue weighted by Crippen LogP contribution is -2.37. The molecule has 0 saturated heterocycles. The van der Waals surface area contributed by atoms with Gasteiger partial charge in [-0.3, -0.25) is 4.79 Å². The predicted octanol–water partition coefficient (Wildman–Crippen LogP) is 3.03. The second-order valence-electron chi connectivity index (χ2n) is 5.90. The highest BCUT2D eigenvalue weighted by Crippen LogP contribution is 2.27. The summed E-state index contributed by atoms with van der Waals surface area (Å²) < 4.78 is 10.4. The van der Waals surface area contributed by atoms with E-state index in [1.807, 2.05) is 24.3 Å². The summed E-state index contributed by atoms with van der Waals surface area (Å²) >= 11 is 0. The van der Waals surface area contributed by atoms with E-state index < -0.39 is 0 Å². The summed E-state index contributed by atoms with van der Waals surface area (Å²) in [6.45, 7) is 0.608. The third kappa shape index (κ3) is 3.96. The topological polar surface area (TPSA) is 60.4 Å². The molecule has 0 spiro atoms. The average Bonchev–Trinajstić information content (AvgIpc) is 2.70. The molecular formula is C20H22N2O4. The quantitative estimate of drug-likeness (QED) is 0.591. The van der Waals surface area contributed by atoms with E-state index in [0.717, 1.165) is 24.1 Å². The number of hydrogen-bond acceptors (Lipinski definition) is 5. The number of amides is 1. The molecule has 0 aliphatic carbocycles. The Morgan fingerprint density at radius 3 is 2.77 bits per heavy atom. The molecule has 0 fully saturated rings. The molecule has 0 bridgehead atoms. The minimum atomic E-state index is -0.0991. The number of nitrogens with zero attached hydrogens (tertiary/aromatic N) is 2. The van der Waals surface area contributed by atoms with Gasteiger partial charge in [-0.15, -0.1) is 0 Å². The van der Waals surface area contributed by atoms with E-state index in [0.29, 0.717) is 18.0 Å². The largest absolute Gasteiger partial charge is 0.493 e. The number of rotatable bonds is 6. The Labute approximate surface area is 153 Å². The molecule has 136 valence electrons. The highest BCUT2D eigenvalue weighted by molar-refractivity contribution is 5.95. The van der Waals surface area contributed by atoms with Crippen molar-refractivity contribution in [1.29, 1.82) is 0 Å². The molecular weight excluding hydrogens is 332 g/mol. The smallest absolute Gasteiger partial charge is 0.267 e. The number of hydrogen-bond donors (Lipinski definition) is 0. The van der Waals surface area contributed by atoms with Gasteiger partial charge in [-0.1, -0.05) is 23.4 Å². The van der Waals surface area contributed by atoms with E-state index >= 15 is 0 Å². The van der Waals surface area contributed by atoms with E-state index in [-0.39, 0.29) is 12.5 Å². The van der Waals surface area contributed by atoms with Gasteiger partial charge in [0.1, 0.15) is 0 Å². The fraction of sp³-hybridized carbons (Fsp3) is 0.300. The molecule has 0 aromatic heterocycles.